The van der Waals surface area contributed by atoms with Gasteiger partial charge in [0.1, 0.15) is 5.15 Å². The summed E-state index contributed by atoms with van der Waals surface area (Å²) in [6, 6.07) is 7.20. The van der Waals surface area contributed by atoms with Gasteiger partial charge in [0.15, 0.2) is 0 Å². The number of imide groups is 1. The molecular weight excluding hydrogens is 328 g/mol. The van der Waals surface area contributed by atoms with Gasteiger partial charge < -0.3 is 0 Å². The highest BCUT2D eigenvalue weighted by Crippen LogP contribution is 2.33. The van der Waals surface area contributed by atoms with Crippen LogP contribution in [-0.4, -0.2) is 21.0 Å². The minimum atomic E-state index is -0.270. The first-order valence-corrected chi connectivity index (χ1v) is 8.10. The largest absolute Gasteiger partial charge is 0.293 e. The quantitative estimate of drug-likeness (QED) is 0.627. The fourth-order valence-corrected chi connectivity index (χ4v) is 3.49. The summed E-state index contributed by atoms with van der Waals surface area (Å²) in [6.07, 6.45) is 3.31. The summed E-state index contributed by atoms with van der Waals surface area (Å²) in [7, 11) is 0. The summed E-state index contributed by atoms with van der Waals surface area (Å²) < 4.78 is 0. The zero-order valence-corrected chi connectivity index (χ0v) is 13.0. The third-order valence-corrected chi connectivity index (χ3v) is 4.77. The molecule has 0 aromatic carbocycles. The Labute approximate surface area is 134 Å². The van der Waals surface area contributed by atoms with E-state index in [-0.39, 0.29) is 17.7 Å². The van der Waals surface area contributed by atoms with E-state index in [1.165, 1.54) is 16.2 Å². The van der Waals surface area contributed by atoms with Crippen molar-refractivity contribution in [1.29, 1.82) is 0 Å². The number of carbonyl (C=O) groups excluding carboxylic acids is 2. The smallest absolute Gasteiger partial charge is 0.268 e. The number of hydrogen-bond donors (Lipinski definition) is 0. The highest BCUT2D eigenvalue weighted by molar-refractivity contribution is 8.18. The molecule has 0 unspecified atom stereocenters. The van der Waals surface area contributed by atoms with E-state index in [2.05, 4.69) is 4.98 Å². The number of thiophene rings is 1. The normalized spacial score (nSPS) is 17.0. The fraction of sp³-hybridized carbons (Fsp3) is 0.0714. The van der Waals surface area contributed by atoms with E-state index in [4.69, 9.17) is 11.6 Å². The second-order valence-corrected chi connectivity index (χ2v) is 6.63. The molecule has 1 aliphatic heterocycles. The topological polar surface area (TPSA) is 50.3 Å². The maximum Gasteiger partial charge on any atom is 0.293 e. The number of thioether (sulfide) groups is 1. The van der Waals surface area contributed by atoms with Gasteiger partial charge in [-0.15, -0.1) is 11.3 Å². The average Bonchev–Trinajstić information content (AvgIpc) is 3.06. The van der Waals surface area contributed by atoms with Gasteiger partial charge in [-0.3, -0.25) is 14.5 Å². The molecule has 0 bridgehead atoms. The maximum atomic E-state index is 12.3. The Morgan fingerprint density at radius 2 is 2.14 bits per heavy atom. The van der Waals surface area contributed by atoms with Crippen LogP contribution in [0, 0.1) is 0 Å². The first-order valence-electron chi connectivity index (χ1n) is 6.03. The Kier molecular flexibility index (Phi) is 4.10. The van der Waals surface area contributed by atoms with Crippen LogP contribution < -0.4 is 0 Å². The van der Waals surface area contributed by atoms with Gasteiger partial charge in [-0.05, 0) is 40.9 Å². The van der Waals surface area contributed by atoms with Crippen molar-refractivity contribution in [1.82, 2.24) is 9.88 Å². The number of halogens is 1. The van der Waals surface area contributed by atoms with E-state index in [1.54, 1.807) is 24.4 Å². The Hall–Kier alpha value is -1.63. The van der Waals surface area contributed by atoms with Gasteiger partial charge in [0.25, 0.3) is 11.1 Å². The van der Waals surface area contributed by atoms with Gasteiger partial charge in [0.2, 0.25) is 0 Å². The first-order chi connectivity index (χ1) is 10.1. The lowest BCUT2D eigenvalue weighted by Crippen LogP contribution is -2.27. The number of pyridine rings is 1. The minimum Gasteiger partial charge on any atom is -0.268 e. The van der Waals surface area contributed by atoms with Crippen LogP contribution in [0.2, 0.25) is 5.15 Å². The molecule has 0 aliphatic carbocycles. The number of amides is 2. The molecule has 4 nitrogen and oxygen atoms in total. The molecule has 3 heterocycles. The lowest BCUT2D eigenvalue weighted by Gasteiger charge is -2.11. The van der Waals surface area contributed by atoms with E-state index in [1.807, 2.05) is 17.5 Å². The molecule has 0 radical (unpaired) electrons. The number of rotatable bonds is 3. The SMILES string of the molecule is O=C1S/C(=C\c2cccs2)C(=O)N1Cc1ccc(Cl)nc1. The van der Waals surface area contributed by atoms with Crippen LogP contribution in [-0.2, 0) is 11.3 Å². The molecule has 3 rings (SSSR count). The van der Waals surface area contributed by atoms with Crippen LogP contribution in [0.1, 0.15) is 10.4 Å². The summed E-state index contributed by atoms with van der Waals surface area (Å²) in [5.41, 5.74) is 0.763. The second-order valence-electron chi connectivity index (χ2n) is 4.27. The van der Waals surface area contributed by atoms with Crippen LogP contribution in [0.15, 0.2) is 40.7 Å². The number of hydrogen-bond acceptors (Lipinski definition) is 5. The van der Waals surface area contributed by atoms with Gasteiger partial charge in [0, 0.05) is 11.1 Å². The molecule has 21 heavy (non-hydrogen) atoms. The Morgan fingerprint density at radius 1 is 1.29 bits per heavy atom. The summed E-state index contributed by atoms with van der Waals surface area (Å²) in [5, 5.41) is 2.04. The molecule has 106 valence electrons. The number of aromatic nitrogens is 1. The van der Waals surface area contributed by atoms with E-state index in [9.17, 15) is 9.59 Å². The predicted molar refractivity (Wildman–Crippen MR) is 85.1 cm³/mol. The number of carbonyl (C=O) groups is 2. The Balaban J connectivity index is 1.79. The third-order valence-electron chi connectivity index (χ3n) is 2.82. The van der Waals surface area contributed by atoms with Crippen molar-refractivity contribution in [2.45, 2.75) is 6.54 Å². The highest BCUT2D eigenvalue weighted by atomic mass is 35.5. The van der Waals surface area contributed by atoms with Crippen molar-refractivity contribution in [2.24, 2.45) is 0 Å². The van der Waals surface area contributed by atoms with Gasteiger partial charge in [-0.1, -0.05) is 23.7 Å². The standard InChI is InChI=1S/C14H9ClN2O2S2/c15-12-4-3-9(7-16-12)8-17-13(18)11(21-14(17)19)6-10-2-1-5-20-10/h1-7H,8H2/b11-6-. The average molecular weight is 337 g/mol. The van der Waals surface area contributed by atoms with Crippen LogP contribution in [0.3, 0.4) is 0 Å². The molecule has 1 aliphatic rings. The number of nitrogens with zero attached hydrogens (tertiary/aromatic N) is 2. The summed E-state index contributed by atoms with van der Waals surface area (Å²) >= 11 is 8.20. The molecule has 1 fully saturated rings. The summed E-state index contributed by atoms with van der Waals surface area (Å²) in [6.45, 7) is 0.205. The molecule has 2 aromatic heterocycles. The van der Waals surface area contributed by atoms with Gasteiger partial charge in [-0.2, -0.15) is 0 Å². The zero-order valence-electron chi connectivity index (χ0n) is 10.7. The second kappa shape index (κ2) is 6.01. The van der Waals surface area contributed by atoms with Gasteiger partial charge in [0.05, 0.1) is 11.4 Å². The molecular formula is C14H9ClN2O2S2. The van der Waals surface area contributed by atoms with E-state index < -0.39 is 0 Å². The van der Waals surface area contributed by atoms with Crippen LogP contribution in [0.5, 0.6) is 0 Å². The van der Waals surface area contributed by atoms with Gasteiger partial charge in [-0.25, -0.2) is 4.98 Å². The van der Waals surface area contributed by atoms with Crippen LogP contribution >= 0.6 is 34.7 Å². The monoisotopic (exact) mass is 336 g/mol. The van der Waals surface area contributed by atoms with E-state index >= 15 is 0 Å². The van der Waals surface area contributed by atoms with Crippen molar-refractivity contribution >= 4 is 51.9 Å². The van der Waals surface area contributed by atoms with Crippen molar-refractivity contribution in [3.63, 3.8) is 0 Å². The fourth-order valence-electron chi connectivity index (χ4n) is 1.82. The molecule has 0 N–H and O–H groups in total. The molecule has 0 saturated carbocycles. The molecule has 7 heteroatoms. The van der Waals surface area contributed by atoms with Crippen molar-refractivity contribution < 1.29 is 9.59 Å². The zero-order chi connectivity index (χ0) is 14.8. The summed E-state index contributed by atoms with van der Waals surface area (Å²) in [5.74, 6) is -0.270. The molecule has 2 aromatic rings. The minimum absolute atomic E-state index is 0.205. The van der Waals surface area contributed by atoms with Crippen LogP contribution in [0.4, 0.5) is 4.79 Å². The highest BCUT2D eigenvalue weighted by Gasteiger charge is 2.35. The molecule has 2 amide bonds. The summed E-state index contributed by atoms with van der Waals surface area (Å²) in [4.78, 5) is 30.8. The lowest BCUT2D eigenvalue weighted by molar-refractivity contribution is -0.123. The van der Waals surface area contributed by atoms with E-state index in [0.29, 0.717) is 10.1 Å². The van der Waals surface area contributed by atoms with E-state index in [0.717, 1.165) is 22.2 Å². The van der Waals surface area contributed by atoms with Crippen molar-refractivity contribution in [3.05, 3.63) is 56.3 Å². The van der Waals surface area contributed by atoms with Gasteiger partial charge >= 0.3 is 0 Å². The molecule has 0 spiro atoms. The maximum absolute atomic E-state index is 12.3. The Bertz CT molecular complexity index is 711. The van der Waals surface area contributed by atoms with Crippen LogP contribution in [0.25, 0.3) is 6.08 Å². The molecule has 1 saturated heterocycles. The van der Waals surface area contributed by atoms with Crippen molar-refractivity contribution in [2.75, 3.05) is 0 Å². The lowest BCUT2D eigenvalue weighted by atomic mass is 10.2. The molecule has 0 atom stereocenters. The van der Waals surface area contributed by atoms with Crippen molar-refractivity contribution in [3.8, 4) is 0 Å². The Morgan fingerprint density at radius 3 is 2.81 bits per heavy atom. The predicted octanol–water partition coefficient (Wildman–Crippen LogP) is 4.03. The third kappa shape index (κ3) is 3.18. The first kappa shape index (κ1) is 14.3.